The molecule has 0 radical (unpaired) electrons. The molecule has 0 bridgehead atoms. The lowest BCUT2D eigenvalue weighted by Gasteiger charge is -2.33. The molecule has 8 heteroatoms. The third-order valence-corrected chi connectivity index (χ3v) is 5.89. The lowest BCUT2D eigenvalue weighted by atomic mass is 10.0. The van der Waals surface area contributed by atoms with E-state index in [0.29, 0.717) is 22.1 Å². The largest absolute Gasteiger partial charge is 0.346 e. The van der Waals surface area contributed by atoms with Crippen molar-refractivity contribution < 1.29 is 0 Å². The number of pyridine rings is 1. The first-order valence-corrected chi connectivity index (χ1v) is 9.96. The molecule has 0 atom stereocenters. The van der Waals surface area contributed by atoms with Gasteiger partial charge in [-0.1, -0.05) is 12.1 Å². The number of hydrogen-bond donors (Lipinski definition) is 2. The number of fused-ring (bicyclic) bond motifs is 3. The van der Waals surface area contributed by atoms with Crippen LogP contribution in [0.2, 0.25) is 0 Å². The summed E-state index contributed by atoms with van der Waals surface area (Å²) in [7, 11) is 0. The summed E-state index contributed by atoms with van der Waals surface area (Å²) in [5.74, 6) is 0. The quantitative estimate of drug-likeness (QED) is 0.548. The number of rotatable bonds is 3. The van der Waals surface area contributed by atoms with Gasteiger partial charge in [-0.3, -0.25) is 19.2 Å². The molecule has 0 saturated carbocycles. The van der Waals surface area contributed by atoms with E-state index in [1.807, 2.05) is 30.3 Å². The van der Waals surface area contributed by atoms with Crippen LogP contribution >= 0.6 is 0 Å². The molecule has 0 spiro atoms. The van der Waals surface area contributed by atoms with Gasteiger partial charge in [0, 0.05) is 43.5 Å². The summed E-state index contributed by atoms with van der Waals surface area (Å²) in [5.41, 5.74) is 2.37. The molecule has 4 aromatic rings. The molecule has 0 amide bonds. The fraction of sp³-hybridized carbons (Fsp3) is 0.273. The average molecular weight is 400 g/mol. The van der Waals surface area contributed by atoms with Crippen LogP contribution in [0, 0.1) is 11.3 Å². The second-order valence-corrected chi connectivity index (χ2v) is 7.71. The zero-order valence-corrected chi connectivity index (χ0v) is 16.3. The van der Waals surface area contributed by atoms with Crippen LogP contribution in [-0.2, 0) is 6.54 Å². The van der Waals surface area contributed by atoms with Crippen LogP contribution < -0.4 is 11.2 Å². The van der Waals surface area contributed by atoms with Crippen LogP contribution in [0.25, 0.3) is 21.9 Å². The lowest BCUT2D eigenvalue weighted by molar-refractivity contribution is 0.179. The Hall–Kier alpha value is -3.70. The van der Waals surface area contributed by atoms with Gasteiger partial charge in [-0.05, 0) is 36.6 Å². The summed E-state index contributed by atoms with van der Waals surface area (Å²) in [6.07, 6.45) is 4.92. The molecule has 2 N–H and O–H groups in total. The van der Waals surface area contributed by atoms with E-state index in [2.05, 4.69) is 25.9 Å². The Morgan fingerprint density at radius 2 is 1.87 bits per heavy atom. The fourth-order valence-electron chi connectivity index (χ4n) is 4.37. The monoisotopic (exact) mass is 400 g/mol. The minimum Gasteiger partial charge on any atom is -0.346 e. The molecular formula is C22H20N6O2. The van der Waals surface area contributed by atoms with Crippen molar-refractivity contribution in [2.45, 2.75) is 25.4 Å². The second-order valence-electron chi connectivity index (χ2n) is 7.71. The third-order valence-electron chi connectivity index (χ3n) is 5.89. The number of hydrogen-bond acceptors (Lipinski definition) is 5. The number of piperidine rings is 1. The number of H-pyrrole nitrogens is 2. The standard InChI is InChI=1S/C22H20N6O2/c23-11-14-1-3-15(4-2-14)13-27-9-6-16(7-10-27)28-19-17-5-8-24-20(17)25-12-18(19)21(29)26-22(28)30/h1-5,8,12,16H,6-7,9-10,13H2,(H,24,25)(H,26,29,30). The van der Waals surface area contributed by atoms with Gasteiger partial charge in [-0.15, -0.1) is 0 Å². The van der Waals surface area contributed by atoms with Crippen molar-refractivity contribution in [3.63, 3.8) is 0 Å². The molecule has 30 heavy (non-hydrogen) atoms. The molecule has 5 rings (SSSR count). The highest BCUT2D eigenvalue weighted by Crippen LogP contribution is 2.28. The molecule has 1 saturated heterocycles. The van der Waals surface area contributed by atoms with Crippen LogP contribution in [0.4, 0.5) is 0 Å². The van der Waals surface area contributed by atoms with E-state index in [0.717, 1.165) is 37.9 Å². The van der Waals surface area contributed by atoms with E-state index in [1.165, 1.54) is 11.8 Å². The van der Waals surface area contributed by atoms with Gasteiger partial charge in [-0.2, -0.15) is 5.26 Å². The molecule has 4 heterocycles. The van der Waals surface area contributed by atoms with E-state index >= 15 is 0 Å². The maximum atomic E-state index is 12.8. The van der Waals surface area contributed by atoms with Crippen molar-refractivity contribution in [1.29, 1.82) is 5.26 Å². The Bertz CT molecular complexity index is 1380. The van der Waals surface area contributed by atoms with Crippen molar-refractivity contribution >= 4 is 21.9 Å². The fourth-order valence-corrected chi connectivity index (χ4v) is 4.37. The smallest absolute Gasteiger partial charge is 0.329 e. The van der Waals surface area contributed by atoms with Crippen LogP contribution in [0.3, 0.4) is 0 Å². The minimum absolute atomic E-state index is 0.00886. The number of nitrogens with zero attached hydrogens (tertiary/aromatic N) is 4. The highest BCUT2D eigenvalue weighted by atomic mass is 16.2. The first-order valence-electron chi connectivity index (χ1n) is 9.96. The summed E-state index contributed by atoms with van der Waals surface area (Å²) < 4.78 is 1.74. The number of aromatic nitrogens is 4. The molecule has 1 fully saturated rings. The van der Waals surface area contributed by atoms with Crippen molar-refractivity contribution in [3.05, 3.63) is 74.7 Å². The summed E-state index contributed by atoms with van der Waals surface area (Å²) in [6, 6.07) is 11.7. The maximum absolute atomic E-state index is 12.8. The van der Waals surface area contributed by atoms with E-state index in [-0.39, 0.29) is 11.7 Å². The van der Waals surface area contributed by atoms with E-state index in [4.69, 9.17) is 5.26 Å². The average Bonchev–Trinajstić information content (AvgIpc) is 3.24. The highest BCUT2D eigenvalue weighted by molar-refractivity contribution is 6.01. The molecule has 1 aliphatic heterocycles. The van der Waals surface area contributed by atoms with Gasteiger partial charge < -0.3 is 4.98 Å². The normalized spacial score (nSPS) is 15.6. The van der Waals surface area contributed by atoms with Crippen LogP contribution in [-0.4, -0.2) is 37.5 Å². The van der Waals surface area contributed by atoms with Gasteiger partial charge in [0.25, 0.3) is 5.56 Å². The lowest BCUT2D eigenvalue weighted by Crippen LogP contribution is -2.39. The summed E-state index contributed by atoms with van der Waals surface area (Å²) in [4.78, 5) is 37.3. The first-order chi connectivity index (χ1) is 14.6. The molecule has 3 aromatic heterocycles. The Kier molecular flexibility index (Phi) is 4.45. The first kappa shape index (κ1) is 18.3. The predicted octanol–water partition coefficient (Wildman–Crippen LogP) is 2.27. The van der Waals surface area contributed by atoms with Crippen molar-refractivity contribution in [2.24, 2.45) is 0 Å². The SMILES string of the molecule is N#Cc1ccc(CN2CCC(n3c(=O)[nH]c(=O)c4cnc5[nH]ccc5c43)CC2)cc1. The van der Waals surface area contributed by atoms with Gasteiger partial charge in [-0.25, -0.2) is 9.78 Å². The molecule has 0 aliphatic carbocycles. The number of nitrogens with one attached hydrogen (secondary N) is 2. The Balaban J connectivity index is 1.43. The van der Waals surface area contributed by atoms with Crippen molar-refractivity contribution in [1.82, 2.24) is 24.4 Å². The molecule has 0 unspecified atom stereocenters. The third kappa shape index (κ3) is 3.09. The van der Waals surface area contributed by atoms with Crippen molar-refractivity contribution in [3.8, 4) is 6.07 Å². The molecule has 1 aromatic carbocycles. The summed E-state index contributed by atoms with van der Waals surface area (Å²) in [5, 5.41) is 10.2. The predicted molar refractivity (Wildman–Crippen MR) is 113 cm³/mol. The second kappa shape index (κ2) is 7.28. The van der Waals surface area contributed by atoms with E-state index in [1.54, 1.807) is 10.8 Å². The minimum atomic E-state index is -0.403. The topological polar surface area (TPSA) is 111 Å². The Labute approximate surface area is 171 Å². The zero-order valence-electron chi connectivity index (χ0n) is 16.3. The van der Waals surface area contributed by atoms with E-state index in [9.17, 15) is 9.59 Å². The van der Waals surface area contributed by atoms with E-state index < -0.39 is 5.56 Å². The molecule has 8 nitrogen and oxygen atoms in total. The number of benzene rings is 1. The van der Waals surface area contributed by atoms with Gasteiger partial charge in [0.15, 0.2) is 0 Å². The molecular weight excluding hydrogens is 380 g/mol. The van der Waals surface area contributed by atoms with Crippen LogP contribution in [0.1, 0.15) is 30.0 Å². The molecule has 1 aliphatic rings. The van der Waals surface area contributed by atoms with Crippen LogP contribution in [0.5, 0.6) is 0 Å². The van der Waals surface area contributed by atoms with Crippen LogP contribution in [0.15, 0.2) is 52.3 Å². The summed E-state index contributed by atoms with van der Waals surface area (Å²) >= 11 is 0. The molecule has 150 valence electrons. The Morgan fingerprint density at radius 3 is 2.60 bits per heavy atom. The number of likely N-dealkylation sites (tertiary alicyclic amines) is 1. The van der Waals surface area contributed by atoms with Gasteiger partial charge >= 0.3 is 5.69 Å². The van der Waals surface area contributed by atoms with Gasteiger partial charge in [0.1, 0.15) is 5.65 Å². The maximum Gasteiger partial charge on any atom is 0.329 e. The van der Waals surface area contributed by atoms with Gasteiger partial charge in [0.05, 0.1) is 22.5 Å². The zero-order chi connectivity index (χ0) is 20.7. The highest BCUT2D eigenvalue weighted by Gasteiger charge is 2.24. The van der Waals surface area contributed by atoms with Crippen molar-refractivity contribution in [2.75, 3.05) is 13.1 Å². The Morgan fingerprint density at radius 1 is 1.10 bits per heavy atom. The number of aromatic amines is 2. The van der Waals surface area contributed by atoms with Gasteiger partial charge in [0.2, 0.25) is 0 Å². The summed E-state index contributed by atoms with van der Waals surface area (Å²) in [6.45, 7) is 2.50. The number of nitriles is 1.